The Morgan fingerprint density at radius 2 is 0.847 bits per heavy atom. The number of unbranched alkanes of at least 4 members (excludes halogenated alkanes) is 36. The van der Waals surface area contributed by atoms with E-state index in [4.69, 9.17) is 9.05 Å². The van der Waals surface area contributed by atoms with Crippen molar-refractivity contribution in [3.63, 3.8) is 0 Å². The average molecular weight is 1030 g/mol. The van der Waals surface area contributed by atoms with Crippen LogP contribution in [0.5, 0.6) is 0 Å². The molecule has 8 nitrogen and oxygen atoms in total. The molecule has 0 bridgehead atoms. The first kappa shape index (κ1) is 70.5. The number of hydrogen-bond donors (Lipinski definition) is 2. The number of nitrogens with one attached hydrogen (secondary N) is 1. The third-order valence-electron chi connectivity index (χ3n) is 14.1. The summed E-state index contributed by atoms with van der Waals surface area (Å²) in [4.78, 5) is 25.6. The van der Waals surface area contributed by atoms with E-state index in [0.29, 0.717) is 23.9 Å². The highest BCUT2D eigenvalue weighted by atomic mass is 31.2. The van der Waals surface area contributed by atoms with Gasteiger partial charge in [0, 0.05) is 6.42 Å². The van der Waals surface area contributed by atoms with E-state index >= 15 is 0 Å². The lowest BCUT2D eigenvalue weighted by atomic mass is 10.0. The Bertz CT molecular complexity index is 1310. The molecule has 0 heterocycles. The maximum atomic E-state index is 13.0. The zero-order chi connectivity index (χ0) is 52.7. The van der Waals surface area contributed by atoms with Crippen LogP contribution in [-0.2, 0) is 18.4 Å². The maximum Gasteiger partial charge on any atom is 0.268 e. The number of hydrogen-bond acceptors (Lipinski definition) is 6. The largest absolute Gasteiger partial charge is 0.756 e. The van der Waals surface area contributed by atoms with Crippen LogP contribution in [0.2, 0.25) is 0 Å². The Hall–Kier alpha value is -1.54. The summed E-state index contributed by atoms with van der Waals surface area (Å²) in [6, 6.07) is -0.802. The number of quaternary nitrogens is 1. The summed E-state index contributed by atoms with van der Waals surface area (Å²) >= 11 is 0. The fraction of sp³-hybridized carbons (Fsp3) is 0.857. The zero-order valence-electron chi connectivity index (χ0n) is 48.4. The number of amides is 1. The van der Waals surface area contributed by atoms with Crippen molar-refractivity contribution in [2.24, 2.45) is 0 Å². The highest BCUT2D eigenvalue weighted by Crippen LogP contribution is 2.38. The van der Waals surface area contributed by atoms with Gasteiger partial charge in [0.05, 0.1) is 39.9 Å². The normalized spacial score (nSPS) is 14.2. The number of likely N-dealkylation sites (N-methyl/N-ethyl adjacent to an activating group) is 1. The van der Waals surface area contributed by atoms with Crippen LogP contribution in [0.1, 0.15) is 296 Å². The summed E-state index contributed by atoms with van der Waals surface area (Å²) in [6.07, 6.45) is 71.5. The molecule has 0 aromatic heterocycles. The van der Waals surface area contributed by atoms with Gasteiger partial charge in [-0.25, -0.2) is 0 Å². The van der Waals surface area contributed by atoms with Crippen LogP contribution in [0.25, 0.3) is 0 Å². The molecule has 0 aliphatic carbocycles. The molecule has 9 heteroatoms. The van der Waals surface area contributed by atoms with Crippen LogP contribution in [-0.4, -0.2) is 68.5 Å². The molecule has 0 rings (SSSR count). The molecule has 0 aromatic carbocycles. The first-order chi connectivity index (χ1) is 35.0. The van der Waals surface area contributed by atoms with Gasteiger partial charge in [-0.1, -0.05) is 287 Å². The topological polar surface area (TPSA) is 108 Å². The van der Waals surface area contributed by atoms with E-state index in [9.17, 15) is 19.4 Å². The molecule has 424 valence electrons. The number of aliphatic hydroxyl groups excluding tert-OH is 1. The van der Waals surface area contributed by atoms with Crippen LogP contribution in [0.3, 0.4) is 0 Å². The van der Waals surface area contributed by atoms with Crippen molar-refractivity contribution in [1.29, 1.82) is 0 Å². The van der Waals surface area contributed by atoms with E-state index in [0.717, 1.165) is 64.2 Å². The van der Waals surface area contributed by atoms with Gasteiger partial charge in [-0.2, -0.15) is 0 Å². The van der Waals surface area contributed by atoms with E-state index in [2.05, 4.69) is 67.8 Å². The van der Waals surface area contributed by atoms with Crippen molar-refractivity contribution in [2.75, 3.05) is 40.9 Å². The molecule has 2 N–H and O–H groups in total. The predicted octanol–water partition coefficient (Wildman–Crippen LogP) is 18.5. The summed E-state index contributed by atoms with van der Waals surface area (Å²) in [7, 11) is 1.31. The summed E-state index contributed by atoms with van der Waals surface area (Å²) in [5.74, 6) is -0.161. The van der Waals surface area contributed by atoms with Crippen LogP contribution in [0.15, 0.2) is 48.6 Å². The lowest BCUT2D eigenvalue weighted by Crippen LogP contribution is -2.46. The van der Waals surface area contributed by atoms with E-state index in [1.807, 2.05) is 21.1 Å². The highest BCUT2D eigenvalue weighted by Gasteiger charge is 2.24. The number of carbonyl (C=O) groups excluding carboxylic acids is 1. The van der Waals surface area contributed by atoms with Gasteiger partial charge in [0.1, 0.15) is 13.2 Å². The number of rotatable bonds is 57. The van der Waals surface area contributed by atoms with Crippen molar-refractivity contribution >= 4 is 13.7 Å². The second kappa shape index (κ2) is 54.3. The quantitative estimate of drug-likeness (QED) is 0.0272. The fourth-order valence-corrected chi connectivity index (χ4v) is 9.99. The molecular formula is C63H121N2O6P. The Morgan fingerprint density at radius 3 is 1.24 bits per heavy atom. The second-order valence-corrected chi connectivity index (χ2v) is 23.8. The number of phosphoric ester groups is 1. The van der Waals surface area contributed by atoms with E-state index < -0.39 is 20.0 Å². The average Bonchev–Trinajstić information content (AvgIpc) is 3.34. The second-order valence-electron chi connectivity index (χ2n) is 22.4. The van der Waals surface area contributed by atoms with Crippen molar-refractivity contribution < 1.29 is 32.9 Å². The van der Waals surface area contributed by atoms with E-state index in [-0.39, 0.29) is 19.1 Å². The molecule has 0 saturated heterocycles. The molecule has 0 spiro atoms. The predicted molar refractivity (Wildman–Crippen MR) is 311 cm³/mol. The van der Waals surface area contributed by atoms with Gasteiger partial charge in [0.2, 0.25) is 5.91 Å². The third-order valence-corrected chi connectivity index (χ3v) is 15.0. The van der Waals surface area contributed by atoms with Gasteiger partial charge >= 0.3 is 0 Å². The molecular weight excluding hydrogens is 912 g/mol. The van der Waals surface area contributed by atoms with Crippen molar-refractivity contribution in [3.8, 4) is 0 Å². The minimum atomic E-state index is -4.58. The van der Waals surface area contributed by atoms with Crippen molar-refractivity contribution in [2.45, 2.75) is 309 Å². The summed E-state index contributed by atoms with van der Waals surface area (Å²) in [5, 5.41) is 14.1. The molecule has 0 fully saturated rings. The fourth-order valence-electron chi connectivity index (χ4n) is 9.27. The van der Waals surface area contributed by atoms with Gasteiger partial charge in [-0.3, -0.25) is 9.36 Å². The summed E-state index contributed by atoms with van der Waals surface area (Å²) < 4.78 is 23.5. The van der Waals surface area contributed by atoms with E-state index in [1.165, 1.54) is 205 Å². The first-order valence-corrected chi connectivity index (χ1v) is 32.4. The SMILES string of the molecule is CC/C=C\C/C=C\C/C=C\C/C=C\CCCCCCCCCCCCCCCCCCC(=O)NC(COP(=O)([O-])OCC[N+](C)(C)C)C(O)CCCCCCCCCCCCCCCCCCCCCCC. The van der Waals surface area contributed by atoms with Crippen molar-refractivity contribution in [3.05, 3.63) is 48.6 Å². The van der Waals surface area contributed by atoms with Crippen LogP contribution >= 0.6 is 7.82 Å². The van der Waals surface area contributed by atoms with Crippen LogP contribution < -0.4 is 10.2 Å². The highest BCUT2D eigenvalue weighted by molar-refractivity contribution is 7.45. The molecule has 0 radical (unpaired) electrons. The third kappa shape index (κ3) is 56.2. The minimum Gasteiger partial charge on any atom is -0.756 e. The lowest BCUT2D eigenvalue weighted by Gasteiger charge is -2.30. The van der Waals surface area contributed by atoms with Gasteiger partial charge < -0.3 is 28.8 Å². The van der Waals surface area contributed by atoms with Gasteiger partial charge in [0.25, 0.3) is 7.82 Å². The Kier molecular flexibility index (Phi) is 53.1. The monoisotopic (exact) mass is 1030 g/mol. The zero-order valence-corrected chi connectivity index (χ0v) is 49.3. The number of nitrogens with zero attached hydrogens (tertiary/aromatic N) is 1. The molecule has 1 amide bonds. The Balaban J connectivity index is 4.08. The lowest BCUT2D eigenvalue weighted by molar-refractivity contribution is -0.870. The molecule has 3 atom stereocenters. The van der Waals surface area contributed by atoms with Crippen molar-refractivity contribution in [1.82, 2.24) is 5.32 Å². The smallest absolute Gasteiger partial charge is 0.268 e. The molecule has 72 heavy (non-hydrogen) atoms. The number of allylic oxidation sites excluding steroid dienone is 8. The molecule has 0 aliphatic heterocycles. The maximum absolute atomic E-state index is 13.0. The number of carbonyl (C=O) groups is 1. The van der Waals surface area contributed by atoms with Gasteiger partial charge in [-0.15, -0.1) is 0 Å². The standard InChI is InChI=1S/C63H121N2O6P/c1-6-8-10-12-14-16-18-20-22-24-26-28-29-30-31-32-33-34-35-37-39-41-43-45-47-49-51-53-55-57-63(67)64-61(60-71-72(68,69)70-59-58-65(3,4)5)62(66)56-54-52-50-48-46-44-42-40-38-36-27-25-23-21-19-17-15-13-11-9-7-2/h8,10,14,16,20,22,26,28,61-62,66H,6-7,9,11-13,15,17-19,21,23-25,27,29-60H2,1-5H3,(H-,64,67,68,69)/b10-8-,16-14-,22-20-,28-26-. The number of phosphoric acid groups is 1. The van der Waals surface area contributed by atoms with Gasteiger partial charge in [-0.05, 0) is 51.4 Å². The van der Waals surface area contributed by atoms with Gasteiger partial charge in [0.15, 0.2) is 0 Å². The first-order valence-electron chi connectivity index (χ1n) is 31.0. The molecule has 0 aromatic rings. The molecule has 3 unspecified atom stereocenters. The molecule has 0 aliphatic rings. The Labute approximate surface area is 448 Å². The van der Waals surface area contributed by atoms with Crippen LogP contribution in [0.4, 0.5) is 0 Å². The van der Waals surface area contributed by atoms with E-state index in [1.54, 1.807) is 0 Å². The summed E-state index contributed by atoms with van der Waals surface area (Å²) in [6.45, 7) is 4.65. The minimum absolute atomic E-state index is 0.0128. The Morgan fingerprint density at radius 1 is 0.500 bits per heavy atom. The summed E-state index contributed by atoms with van der Waals surface area (Å²) in [5.41, 5.74) is 0. The van der Waals surface area contributed by atoms with Crippen LogP contribution in [0, 0.1) is 0 Å². The number of aliphatic hydroxyl groups is 1. The molecule has 0 saturated carbocycles.